The highest BCUT2D eigenvalue weighted by atomic mass is 32.2. The molecule has 3 aliphatic rings. The third kappa shape index (κ3) is 8.77. The fourth-order valence-electron chi connectivity index (χ4n) is 7.39. The molecule has 3 aromatic rings. The van der Waals surface area contributed by atoms with Crippen molar-refractivity contribution in [1.29, 1.82) is 0 Å². The lowest BCUT2D eigenvalue weighted by Crippen LogP contribution is -2.59. The molecule has 0 spiro atoms. The van der Waals surface area contributed by atoms with E-state index in [1.54, 1.807) is 59.9 Å². The van der Waals surface area contributed by atoms with Gasteiger partial charge >= 0.3 is 6.09 Å². The van der Waals surface area contributed by atoms with Gasteiger partial charge in [-0.05, 0) is 58.1 Å². The van der Waals surface area contributed by atoms with Gasteiger partial charge in [-0.25, -0.2) is 18.2 Å². The van der Waals surface area contributed by atoms with E-state index in [4.69, 9.17) is 23.9 Å². The van der Waals surface area contributed by atoms with E-state index in [1.807, 2.05) is 36.4 Å². The molecule has 2 aromatic carbocycles. The van der Waals surface area contributed by atoms with Crippen LogP contribution in [0.5, 0.6) is 11.5 Å². The fourth-order valence-corrected chi connectivity index (χ4v) is 8.95. The van der Waals surface area contributed by atoms with E-state index >= 15 is 0 Å². The molecule has 4 amide bonds. The van der Waals surface area contributed by atoms with Crippen molar-refractivity contribution >= 4 is 44.7 Å². The molecule has 5 atom stereocenters. The molecule has 312 valence electrons. The minimum absolute atomic E-state index is 0.00116. The number of carbonyl (C=O) groups is 4. The fraction of sp³-hybridized carbons (Fsp3) is 0.500. The average Bonchev–Trinajstić information content (AvgIpc) is 4.07. The molecule has 1 aromatic heterocycles. The summed E-state index contributed by atoms with van der Waals surface area (Å²) >= 11 is 0. The highest BCUT2D eigenvalue weighted by molar-refractivity contribution is 7.91. The minimum atomic E-state index is -4.16. The summed E-state index contributed by atoms with van der Waals surface area (Å²) in [5.41, 5.74) is -0.394. The summed E-state index contributed by atoms with van der Waals surface area (Å²) in [4.78, 5) is 62.1. The van der Waals surface area contributed by atoms with E-state index in [0.717, 1.165) is 5.56 Å². The standard InChI is InChI=1S/C42H53N5O10S/c1-9-27-22-42(27,38(50)46-58(52,53)41(17-18-41)24-54-7)45-36(48)33-20-29(23-47(33)37(49)35(25(2)3)44-39(51)57-40(4,5)6)56-34-21-31(26-13-11-10-12-14-26)43-32-19-28(55-8)15-16-30(32)34/h9-16,19,21,25,27,29,33,35H,1,17-18,20,22-24H2,2-8H3,(H,44,51)(H,45,48)(H,46,50)/t27-,29+,33-,35-,42?/m0/s1. The SMILES string of the molecule is C=C[C@H]1CC1(NC(=O)[C@@H]1C[C@@H](Oc2cc(-c3ccccc3)nc3cc(OC)ccc23)CN1C(=O)[C@@H](NC(=O)OC(C)(C)C)C(C)C)C(=O)NS(=O)(=O)C1(COC)CC1. The first-order valence-corrected chi connectivity index (χ1v) is 20.9. The summed E-state index contributed by atoms with van der Waals surface area (Å²) in [5.74, 6) is -2.09. The van der Waals surface area contributed by atoms with Gasteiger partial charge in [0.1, 0.15) is 45.6 Å². The Balaban J connectivity index is 1.33. The zero-order valence-electron chi connectivity index (χ0n) is 34.0. The van der Waals surface area contributed by atoms with Crippen molar-refractivity contribution in [2.45, 2.75) is 94.4 Å². The zero-order chi connectivity index (χ0) is 42.2. The molecule has 58 heavy (non-hydrogen) atoms. The number of sulfonamides is 1. The maximum absolute atomic E-state index is 14.5. The molecule has 3 fully saturated rings. The van der Waals surface area contributed by atoms with Crippen LogP contribution < -0.4 is 24.8 Å². The van der Waals surface area contributed by atoms with Crippen LogP contribution >= 0.6 is 0 Å². The van der Waals surface area contributed by atoms with Gasteiger partial charge in [0.15, 0.2) is 0 Å². The molecule has 0 radical (unpaired) electrons. The third-order valence-electron chi connectivity index (χ3n) is 10.9. The molecular formula is C42H53N5O10S. The lowest BCUT2D eigenvalue weighted by molar-refractivity contribution is -0.141. The van der Waals surface area contributed by atoms with Crippen LogP contribution in [0.2, 0.25) is 0 Å². The summed E-state index contributed by atoms with van der Waals surface area (Å²) in [6.07, 6.45) is 0.710. The Hall–Kier alpha value is -5.22. The van der Waals surface area contributed by atoms with Gasteiger partial charge in [-0.15, -0.1) is 6.58 Å². The number of aromatic nitrogens is 1. The maximum Gasteiger partial charge on any atom is 0.408 e. The number of nitrogens with zero attached hydrogens (tertiary/aromatic N) is 2. The molecule has 3 N–H and O–H groups in total. The molecule has 2 saturated carbocycles. The van der Waals surface area contributed by atoms with Gasteiger partial charge in [-0.3, -0.25) is 19.1 Å². The second-order valence-electron chi connectivity index (χ2n) is 16.7. The lowest BCUT2D eigenvalue weighted by Gasteiger charge is -2.31. The first-order chi connectivity index (χ1) is 27.4. The van der Waals surface area contributed by atoms with Crippen molar-refractivity contribution in [3.8, 4) is 22.8 Å². The topological polar surface area (TPSA) is 192 Å². The van der Waals surface area contributed by atoms with E-state index < -0.39 is 79.7 Å². The van der Waals surface area contributed by atoms with Gasteiger partial charge in [0, 0.05) is 42.5 Å². The van der Waals surface area contributed by atoms with Crippen LogP contribution in [0.3, 0.4) is 0 Å². The largest absolute Gasteiger partial charge is 0.497 e. The number of nitrogens with one attached hydrogen (secondary N) is 3. The molecule has 15 nitrogen and oxygen atoms in total. The number of alkyl carbamates (subject to hydrolysis) is 1. The van der Waals surface area contributed by atoms with E-state index in [-0.39, 0.29) is 26.0 Å². The van der Waals surface area contributed by atoms with Crippen molar-refractivity contribution in [1.82, 2.24) is 25.2 Å². The Kier molecular flexibility index (Phi) is 11.8. The smallest absolute Gasteiger partial charge is 0.408 e. The normalized spacial score (nSPS) is 22.8. The first-order valence-electron chi connectivity index (χ1n) is 19.4. The summed E-state index contributed by atoms with van der Waals surface area (Å²) in [6.45, 7) is 12.3. The number of pyridine rings is 1. The van der Waals surface area contributed by atoms with Gasteiger partial charge in [0.2, 0.25) is 21.8 Å². The molecule has 1 unspecified atom stereocenters. The van der Waals surface area contributed by atoms with Gasteiger partial charge in [0.05, 0.1) is 31.5 Å². The Bertz CT molecular complexity index is 2190. The lowest BCUT2D eigenvalue weighted by atomic mass is 10.0. The van der Waals surface area contributed by atoms with Crippen molar-refractivity contribution in [3.63, 3.8) is 0 Å². The number of amides is 4. The summed E-state index contributed by atoms with van der Waals surface area (Å²) in [5, 5.41) is 6.17. The van der Waals surface area contributed by atoms with Crippen molar-refractivity contribution in [2.75, 3.05) is 27.4 Å². The average molecular weight is 820 g/mol. The summed E-state index contributed by atoms with van der Waals surface area (Å²) in [6, 6.07) is 14.5. The number of ether oxygens (including phenoxy) is 4. The third-order valence-corrected chi connectivity index (χ3v) is 13.0. The Morgan fingerprint density at radius 3 is 2.34 bits per heavy atom. The van der Waals surface area contributed by atoms with Crippen molar-refractivity contribution in [3.05, 3.63) is 67.3 Å². The van der Waals surface area contributed by atoms with Crippen LogP contribution in [0.1, 0.15) is 60.3 Å². The molecule has 2 heterocycles. The van der Waals surface area contributed by atoms with Gasteiger partial charge in [-0.1, -0.05) is 50.3 Å². The number of hydrogen-bond donors (Lipinski definition) is 3. The van der Waals surface area contributed by atoms with E-state index in [9.17, 15) is 27.6 Å². The minimum Gasteiger partial charge on any atom is -0.497 e. The van der Waals surface area contributed by atoms with Crippen molar-refractivity contribution in [2.24, 2.45) is 11.8 Å². The van der Waals surface area contributed by atoms with Crippen molar-refractivity contribution < 1.29 is 46.5 Å². The Labute approximate surface area is 339 Å². The molecule has 1 aliphatic heterocycles. The highest BCUT2D eigenvalue weighted by Gasteiger charge is 2.63. The molecule has 0 bridgehead atoms. The number of likely N-dealkylation sites (tertiary alicyclic amines) is 1. The molecular weight excluding hydrogens is 767 g/mol. The highest BCUT2D eigenvalue weighted by Crippen LogP contribution is 2.47. The number of fused-ring (bicyclic) bond motifs is 1. The van der Waals surface area contributed by atoms with Crippen LogP contribution in [0, 0.1) is 11.8 Å². The number of rotatable bonds is 15. The van der Waals surface area contributed by atoms with Crippen LogP contribution in [-0.2, 0) is 33.9 Å². The van der Waals surface area contributed by atoms with Crippen LogP contribution in [0.25, 0.3) is 22.2 Å². The summed E-state index contributed by atoms with van der Waals surface area (Å²) < 4.78 is 50.5. The maximum atomic E-state index is 14.5. The van der Waals surface area contributed by atoms with E-state index in [0.29, 0.717) is 40.9 Å². The quantitative estimate of drug-likeness (QED) is 0.183. The van der Waals surface area contributed by atoms with E-state index in [1.165, 1.54) is 18.1 Å². The monoisotopic (exact) mass is 819 g/mol. The predicted molar refractivity (Wildman–Crippen MR) is 216 cm³/mol. The second kappa shape index (κ2) is 16.2. The number of methoxy groups -OCH3 is 2. The number of benzene rings is 2. The zero-order valence-corrected chi connectivity index (χ0v) is 34.8. The summed E-state index contributed by atoms with van der Waals surface area (Å²) in [7, 11) is -1.20. The first kappa shape index (κ1) is 42.4. The van der Waals surface area contributed by atoms with Crippen LogP contribution in [0.4, 0.5) is 4.79 Å². The van der Waals surface area contributed by atoms with E-state index in [2.05, 4.69) is 21.9 Å². The van der Waals surface area contributed by atoms with Gasteiger partial charge in [-0.2, -0.15) is 0 Å². The van der Waals surface area contributed by atoms with Crippen LogP contribution in [-0.4, -0.2) is 104 Å². The molecule has 16 heteroatoms. The second-order valence-corrected chi connectivity index (χ2v) is 18.7. The Morgan fingerprint density at radius 2 is 1.76 bits per heavy atom. The Morgan fingerprint density at radius 1 is 1.05 bits per heavy atom. The molecule has 2 aliphatic carbocycles. The van der Waals surface area contributed by atoms with Crippen LogP contribution in [0.15, 0.2) is 67.3 Å². The van der Waals surface area contributed by atoms with Gasteiger partial charge < -0.3 is 34.5 Å². The molecule has 1 saturated heterocycles. The number of hydrogen-bond acceptors (Lipinski definition) is 11. The predicted octanol–water partition coefficient (Wildman–Crippen LogP) is 4.49. The molecule has 6 rings (SSSR count). The number of carbonyl (C=O) groups excluding carboxylic acids is 4. The van der Waals surface area contributed by atoms with Gasteiger partial charge in [0.25, 0.3) is 5.91 Å².